The van der Waals surface area contributed by atoms with Gasteiger partial charge in [-0.2, -0.15) is 0 Å². The highest BCUT2D eigenvalue weighted by Crippen LogP contribution is 2.48. The summed E-state index contributed by atoms with van der Waals surface area (Å²) in [5.41, 5.74) is -1.20. The summed E-state index contributed by atoms with van der Waals surface area (Å²) in [5.74, 6) is -4.06. The number of amides is 4. The normalized spacial score (nSPS) is 18.5. The molecule has 29 heavy (non-hydrogen) atoms. The summed E-state index contributed by atoms with van der Waals surface area (Å²) >= 11 is 0. The van der Waals surface area contributed by atoms with Crippen LogP contribution in [0.3, 0.4) is 0 Å². The molecule has 2 aliphatic heterocycles. The third-order valence-electron chi connectivity index (χ3n) is 5.08. The molecule has 0 radical (unpaired) electrons. The van der Waals surface area contributed by atoms with E-state index >= 15 is 0 Å². The predicted molar refractivity (Wildman–Crippen MR) is 98.7 cm³/mol. The maximum atomic E-state index is 12.7. The predicted octanol–water partition coefficient (Wildman–Crippen LogP) is 0.436. The van der Waals surface area contributed by atoms with Crippen LogP contribution in [0, 0.1) is 5.92 Å². The Kier molecular flexibility index (Phi) is 3.44. The van der Waals surface area contributed by atoms with Crippen LogP contribution in [-0.2, 0) is 9.59 Å². The lowest BCUT2D eigenvalue weighted by Gasteiger charge is -2.33. The van der Waals surface area contributed by atoms with Crippen molar-refractivity contribution in [2.75, 3.05) is 0 Å². The van der Waals surface area contributed by atoms with Crippen LogP contribution >= 0.6 is 0 Å². The van der Waals surface area contributed by atoms with E-state index < -0.39 is 40.9 Å². The Hall–Kier alpha value is -4.21. The van der Waals surface area contributed by atoms with Crippen LogP contribution in [0.2, 0.25) is 0 Å². The molecule has 1 saturated heterocycles. The average Bonchev–Trinajstić information content (AvgIpc) is 2.66. The van der Waals surface area contributed by atoms with Crippen LogP contribution in [0.25, 0.3) is 10.8 Å². The second kappa shape index (κ2) is 5.89. The van der Waals surface area contributed by atoms with Crippen LogP contribution in [-0.4, -0.2) is 27.8 Å². The second-order valence-electron chi connectivity index (χ2n) is 6.71. The number of hydrogen-bond donors (Lipinski definition) is 4. The van der Waals surface area contributed by atoms with Crippen molar-refractivity contribution in [2.24, 2.45) is 5.92 Å². The number of hydrogen-bond acceptors (Lipinski definition) is 6. The van der Waals surface area contributed by atoms with Gasteiger partial charge < -0.3 is 4.74 Å². The first-order valence-electron chi connectivity index (χ1n) is 8.65. The number of aromatic nitrogens is 2. The molecular weight excluding hydrogens is 380 g/mol. The zero-order valence-electron chi connectivity index (χ0n) is 14.6. The third-order valence-corrected chi connectivity index (χ3v) is 5.08. The van der Waals surface area contributed by atoms with E-state index in [0.717, 1.165) is 5.39 Å². The van der Waals surface area contributed by atoms with Crippen molar-refractivity contribution in [3.05, 3.63) is 68.4 Å². The Labute approximate surface area is 160 Å². The minimum Gasteiger partial charge on any atom is -0.440 e. The summed E-state index contributed by atoms with van der Waals surface area (Å²) in [6.45, 7) is 0. The molecule has 3 aromatic rings. The van der Waals surface area contributed by atoms with E-state index in [9.17, 15) is 24.0 Å². The molecule has 0 spiro atoms. The highest BCUT2D eigenvalue weighted by molar-refractivity contribution is 6.17. The molecule has 10 heteroatoms. The van der Waals surface area contributed by atoms with Crippen LogP contribution in [0.15, 0.2) is 46.0 Å². The zero-order valence-corrected chi connectivity index (χ0v) is 14.6. The number of urea groups is 1. The molecule has 1 atom stereocenters. The number of H-pyrrole nitrogens is 2. The molecule has 0 aliphatic carbocycles. The molecule has 0 saturated carbocycles. The molecular formula is C19H12N4O6. The number of benzene rings is 2. The van der Waals surface area contributed by atoms with Crippen LogP contribution in [0.1, 0.15) is 17.0 Å². The quantitative estimate of drug-likeness (QED) is 0.441. The monoisotopic (exact) mass is 392 g/mol. The molecule has 4 N–H and O–H groups in total. The number of aromatic amines is 2. The second-order valence-corrected chi connectivity index (χ2v) is 6.71. The van der Waals surface area contributed by atoms with E-state index in [2.05, 4.69) is 20.6 Å². The topological polar surface area (TPSA) is 150 Å². The highest BCUT2D eigenvalue weighted by Gasteiger charge is 2.47. The van der Waals surface area contributed by atoms with E-state index in [1.807, 2.05) is 12.1 Å². The first kappa shape index (κ1) is 16.9. The molecule has 4 amide bonds. The Bertz CT molecular complexity index is 1330. The minimum absolute atomic E-state index is 0.0712. The fraction of sp³-hybridized carbons (Fsp3) is 0.105. The van der Waals surface area contributed by atoms with Gasteiger partial charge in [0.05, 0.1) is 5.56 Å². The summed E-state index contributed by atoms with van der Waals surface area (Å²) in [7, 11) is 0. The first-order valence-corrected chi connectivity index (χ1v) is 8.65. The lowest BCUT2D eigenvalue weighted by molar-refractivity contribution is -0.136. The number of barbiturate groups is 1. The summed E-state index contributed by atoms with van der Waals surface area (Å²) in [6.07, 6.45) is 0. The van der Waals surface area contributed by atoms with E-state index in [0.29, 0.717) is 16.7 Å². The van der Waals surface area contributed by atoms with Gasteiger partial charge in [-0.15, -0.1) is 0 Å². The van der Waals surface area contributed by atoms with Crippen molar-refractivity contribution in [3.8, 4) is 11.6 Å². The zero-order chi connectivity index (χ0) is 20.3. The molecule has 5 rings (SSSR count). The van der Waals surface area contributed by atoms with Crippen molar-refractivity contribution < 1.29 is 19.1 Å². The average molecular weight is 392 g/mol. The fourth-order valence-corrected chi connectivity index (χ4v) is 3.94. The summed E-state index contributed by atoms with van der Waals surface area (Å²) in [5, 5.41) is 5.60. The highest BCUT2D eigenvalue weighted by atomic mass is 16.5. The SMILES string of the molecule is O=C1NC(=O)C([C@@H]2c3c([nH]c(=O)[nH]c3=O)Oc3ccc4ccccc4c32)C(=O)N1. The van der Waals surface area contributed by atoms with Gasteiger partial charge in [0.1, 0.15) is 11.7 Å². The smallest absolute Gasteiger partial charge is 0.328 e. The number of rotatable bonds is 1. The molecule has 1 fully saturated rings. The molecule has 1 aromatic heterocycles. The van der Waals surface area contributed by atoms with Crippen LogP contribution in [0.4, 0.5) is 4.79 Å². The number of imide groups is 2. The van der Waals surface area contributed by atoms with Gasteiger partial charge in [0.2, 0.25) is 17.7 Å². The lowest BCUT2D eigenvalue weighted by Crippen LogP contribution is -2.58. The fourth-order valence-electron chi connectivity index (χ4n) is 3.94. The summed E-state index contributed by atoms with van der Waals surface area (Å²) in [6, 6.07) is 9.70. The molecule has 3 heterocycles. The first-order chi connectivity index (χ1) is 13.9. The Balaban J connectivity index is 1.86. The maximum Gasteiger partial charge on any atom is 0.328 e. The van der Waals surface area contributed by atoms with Gasteiger partial charge in [-0.1, -0.05) is 30.3 Å². The van der Waals surface area contributed by atoms with Crippen molar-refractivity contribution in [1.29, 1.82) is 0 Å². The molecule has 10 nitrogen and oxygen atoms in total. The number of nitrogens with one attached hydrogen (secondary N) is 4. The van der Waals surface area contributed by atoms with Crippen molar-refractivity contribution in [2.45, 2.75) is 5.92 Å². The summed E-state index contributed by atoms with van der Waals surface area (Å²) < 4.78 is 5.75. The molecule has 2 aliphatic rings. The van der Waals surface area contributed by atoms with Crippen molar-refractivity contribution in [3.63, 3.8) is 0 Å². The van der Waals surface area contributed by atoms with Crippen LogP contribution in [0.5, 0.6) is 11.6 Å². The van der Waals surface area contributed by atoms with Gasteiger partial charge in [0, 0.05) is 11.5 Å². The number of carbonyl (C=O) groups is 3. The van der Waals surface area contributed by atoms with Gasteiger partial charge in [0.15, 0.2) is 0 Å². The molecule has 0 unspecified atom stereocenters. The Morgan fingerprint density at radius 1 is 0.759 bits per heavy atom. The van der Waals surface area contributed by atoms with Gasteiger partial charge >= 0.3 is 11.7 Å². The van der Waals surface area contributed by atoms with Crippen molar-refractivity contribution >= 4 is 28.6 Å². The number of carbonyl (C=O) groups excluding carboxylic acids is 3. The number of ether oxygens (including phenoxy) is 1. The van der Waals surface area contributed by atoms with Gasteiger partial charge in [-0.3, -0.25) is 35.0 Å². The summed E-state index contributed by atoms with van der Waals surface area (Å²) in [4.78, 5) is 65.7. The third kappa shape index (κ3) is 2.46. The molecule has 0 bridgehead atoms. The minimum atomic E-state index is -1.42. The standard InChI is InChI=1S/C19H12N4O6/c24-14-12(15(25)21-18(27)20-14)11-10-8-4-2-1-3-7(8)5-6-9(10)29-17-13(11)16(26)22-19(28)23-17/h1-6,11-12H,(H2,22,23,26,28)(H2,20,21,24,25,27)/t11-/m1/s1. The molecule has 2 aromatic carbocycles. The van der Waals surface area contributed by atoms with E-state index in [1.165, 1.54) is 0 Å². The van der Waals surface area contributed by atoms with Crippen molar-refractivity contribution in [1.82, 2.24) is 20.6 Å². The van der Waals surface area contributed by atoms with E-state index in [1.54, 1.807) is 24.3 Å². The maximum absolute atomic E-state index is 12.7. The number of fused-ring (bicyclic) bond motifs is 4. The van der Waals surface area contributed by atoms with E-state index in [-0.39, 0.29) is 11.4 Å². The van der Waals surface area contributed by atoms with Gasteiger partial charge in [-0.25, -0.2) is 9.59 Å². The Morgan fingerprint density at radius 2 is 1.48 bits per heavy atom. The van der Waals surface area contributed by atoms with Crippen LogP contribution < -0.4 is 26.6 Å². The van der Waals surface area contributed by atoms with Gasteiger partial charge in [0.25, 0.3) is 5.56 Å². The Morgan fingerprint density at radius 3 is 2.24 bits per heavy atom. The molecule has 144 valence electrons. The largest absolute Gasteiger partial charge is 0.440 e. The van der Waals surface area contributed by atoms with E-state index in [4.69, 9.17) is 4.74 Å². The lowest BCUT2D eigenvalue weighted by atomic mass is 9.76. The van der Waals surface area contributed by atoms with Gasteiger partial charge in [-0.05, 0) is 16.8 Å².